The molecule has 2 rings (SSSR count). The van der Waals surface area contributed by atoms with Gasteiger partial charge in [0.1, 0.15) is 5.69 Å². The molecule has 1 heterocycles. The third kappa shape index (κ3) is 4.57. The predicted octanol–water partition coefficient (Wildman–Crippen LogP) is 1.87. The van der Waals surface area contributed by atoms with Crippen LogP contribution < -0.4 is 5.32 Å². The number of carbonyl (C=O) groups is 2. The molecule has 0 fully saturated rings. The fourth-order valence-corrected chi connectivity index (χ4v) is 2.78. The molecule has 7 nitrogen and oxygen atoms in total. The molecule has 1 aromatic heterocycles. The van der Waals surface area contributed by atoms with E-state index in [1.54, 1.807) is 12.1 Å². The first-order chi connectivity index (χ1) is 10.8. The molecule has 0 saturated heterocycles. The van der Waals surface area contributed by atoms with Crippen molar-refractivity contribution in [2.24, 2.45) is 0 Å². The molecule has 0 saturated carbocycles. The zero-order valence-corrected chi connectivity index (χ0v) is 13.6. The van der Waals surface area contributed by atoms with E-state index < -0.39 is 28.3 Å². The lowest BCUT2D eigenvalue weighted by Gasteiger charge is -2.09. The SMILES string of the molecule is CS(=O)(=O)c1ccccc1NC(=O)COC(=O)c1cc(Cl)c[nH]1. The number of rotatable bonds is 5. The number of nitrogens with one attached hydrogen (secondary N) is 2. The van der Waals surface area contributed by atoms with Crippen LogP contribution in [0.25, 0.3) is 0 Å². The summed E-state index contributed by atoms with van der Waals surface area (Å²) in [7, 11) is -3.49. The predicted molar refractivity (Wildman–Crippen MR) is 84.3 cm³/mol. The number of esters is 1. The Morgan fingerprint density at radius 3 is 2.61 bits per heavy atom. The van der Waals surface area contributed by atoms with E-state index >= 15 is 0 Å². The van der Waals surface area contributed by atoms with Gasteiger partial charge in [-0.05, 0) is 18.2 Å². The van der Waals surface area contributed by atoms with E-state index in [2.05, 4.69) is 10.3 Å². The number of H-pyrrole nitrogens is 1. The van der Waals surface area contributed by atoms with Crippen molar-refractivity contribution in [2.45, 2.75) is 4.90 Å². The number of ether oxygens (including phenoxy) is 1. The van der Waals surface area contributed by atoms with E-state index in [9.17, 15) is 18.0 Å². The van der Waals surface area contributed by atoms with Crippen molar-refractivity contribution in [3.05, 3.63) is 47.2 Å². The summed E-state index contributed by atoms with van der Waals surface area (Å²) in [6.07, 6.45) is 2.44. The highest BCUT2D eigenvalue weighted by molar-refractivity contribution is 7.90. The van der Waals surface area contributed by atoms with Crippen LogP contribution in [-0.4, -0.2) is 38.1 Å². The van der Waals surface area contributed by atoms with E-state index in [-0.39, 0.29) is 16.3 Å². The van der Waals surface area contributed by atoms with Gasteiger partial charge >= 0.3 is 5.97 Å². The van der Waals surface area contributed by atoms with Gasteiger partial charge in [-0.3, -0.25) is 4.79 Å². The fraction of sp³-hybridized carbons (Fsp3) is 0.143. The number of para-hydroxylation sites is 1. The van der Waals surface area contributed by atoms with Crippen LogP contribution in [0.4, 0.5) is 5.69 Å². The molecule has 0 atom stereocenters. The first kappa shape index (κ1) is 17.0. The molecule has 0 aliphatic heterocycles. The first-order valence-corrected chi connectivity index (χ1v) is 8.64. The lowest BCUT2D eigenvalue weighted by molar-refractivity contribution is -0.119. The van der Waals surface area contributed by atoms with Crippen LogP contribution in [0.3, 0.4) is 0 Å². The molecule has 2 N–H and O–H groups in total. The van der Waals surface area contributed by atoms with E-state index in [1.807, 2.05) is 0 Å². The van der Waals surface area contributed by atoms with E-state index in [4.69, 9.17) is 16.3 Å². The molecule has 2 aromatic rings. The molecular formula is C14H13ClN2O5S. The topological polar surface area (TPSA) is 105 Å². The number of hydrogen-bond donors (Lipinski definition) is 2. The Bertz CT molecular complexity index is 844. The average molecular weight is 357 g/mol. The van der Waals surface area contributed by atoms with Crippen LogP contribution in [0.5, 0.6) is 0 Å². The van der Waals surface area contributed by atoms with Crippen LogP contribution in [-0.2, 0) is 19.4 Å². The van der Waals surface area contributed by atoms with Crippen molar-refractivity contribution < 1.29 is 22.7 Å². The van der Waals surface area contributed by atoms with Gasteiger partial charge in [0.25, 0.3) is 5.91 Å². The third-order valence-electron chi connectivity index (χ3n) is 2.76. The van der Waals surface area contributed by atoms with Crippen LogP contribution in [0, 0.1) is 0 Å². The number of halogens is 1. The van der Waals surface area contributed by atoms with Gasteiger partial charge in [-0.25, -0.2) is 13.2 Å². The Balaban J connectivity index is 2.00. The summed E-state index contributed by atoms with van der Waals surface area (Å²) in [6, 6.07) is 7.30. The molecule has 1 aromatic carbocycles. The first-order valence-electron chi connectivity index (χ1n) is 6.37. The molecule has 9 heteroatoms. The van der Waals surface area contributed by atoms with Crippen LogP contribution in [0.2, 0.25) is 5.02 Å². The number of aromatic nitrogens is 1. The van der Waals surface area contributed by atoms with E-state index in [0.29, 0.717) is 5.02 Å². The van der Waals surface area contributed by atoms with Gasteiger partial charge < -0.3 is 15.0 Å². The summed E-state index contributed by atoms with van der Waals surface area (Å²) < 4.78 is 28.1. The van der Waals surface area contributed by atoms with Gasteiger partial charge in [-0.2, -0.15) is 0 Å². The summed E-state index contributed by atoms with van der Waals surface area (Å²) in [5.74, 6) is -1.41. The van der Waals surface area contributed by atoms with Crippen molar-refractivity contribution in [2.75, 3.05) is 18.2 Å². The maximum Gasteiger partial charge on any atom is 0.355 e. The molecule has 0 radical (unpaired) electrons. The lowest BCUT2D eigenvalue weighted by Crippen LogP contribution is -2.22. The molecule has 0 spiro atoms. The zero-order chi connectivity index (χ0) is 17.0. The maximum absolute atomic E-state index is 11.8. The molecule has 1 amide bonds. The third-order valence-corrected chi connectivity index (χ3v) is 4.14. The van der Waals surface area contributed by atoms with Crippen LogP contribution in [0.1, 0.15) is 10.5 Å². The molecule has 0 aliphatic rings. The van der Waals surface area contributed by atoms with Gasteiger partial charge in [-0.15, -0.1) is 0 Å². The summed E-state index contributed by atoms with van der Waals surface area (Å²) in [4.78, 5) is 26.0. The maximum atomic E-state index is 11.8. The van der Waals surface area contributed by atoms with Gasteiger partial charge in [0.15, 0.2) is 16.4 Å². The summed E-state index contributed by atoms with van der Waals surface area (Å²) in [6.45, 7) is -0.562. The lowest BCUT2D eigenvalue weighted by atomic mass is 10.3. The summed E-state index contributed by atoms with van der Waals surface area (Å²) >= 11 is 5.66. The Hall–Kier alpha value is -2.32. The van der Waals surface area contributed by atoms with E-state index in [0.717, 1.165) is 6.26 Å². The quantitative estimate of drug-likeness (QED) is 0.795. The normalized spacial score (nSPS) is 11.0. The molecule has 23 heavy (non-hydrogen) atoms. The Labute approximate surface area is 137 Å². The van der Waals surface area contributed by atoms with Gasteiger partial charge in [-0.1, -0.05) is 23.7 Å². The number of hydrogen-bond acceptors (Lipinski definition) is 5. The van der Waals surface area contributed by atoms with Crippen molar-refractivity contribution >= 4 is 39.0 Å². The number of carbonyl (C=O) groups excluding carboxylic acids is 2. The standard InChI is InChI=1S/C14H13ClN2O5S/c1-23(20,21)12-5-3-2-4-10(12)17-13(18)8-22-14(19)11-6-9(15)7-16-11/h2-7,16H,8H2,1H3,(H,17,18). The largest absolute Gasteiger partial charge is 0.451 e. The number of anilines is 1. The number of amides is 1. The highest BCUT2D eigenvalue weighted by Crippen LogP contribution is 2.20. The second-order valence-corrected chi connectivity index (χ2v) is 7.04. The Morgan fingerprint density at radius 2 is 2.00 bits per heavy atom. The summed E-state index contributed by atoms with van der Waals surface area (Å²) in [5.41, 5.74) is 0.235. The van der Waals surface area contributed by atoms with Crippen molar-refractivity contribution in [3.63, 3.8) is 0 Å². The monoisotopic (exact) mass is 356 g/mol. The van der Waals surface area contributed by atoms with Crippen molar-refractivity contribution in [1.29, 1.82) is 0 Å². The molecule has 0 unspecified atom stereocenters. The number of aromatic amines is 1. The average Bonchev–Trinajstić information content (AvgIpc) is 2.91. The fourth-order valence-electron chi connectivity index (χ4n) is 1.77. The second kappa shape index (κ2) is 6.84. The zero-order valence-electron chi connectivity index (χ0n) is 12.0. The minimum atomic E-state index is -3.49. The minimum absolute atomic E-state index is 0.0178. The van der Waals surface area contributed by atoms with E-state index in [1.165, 1.54) is 24.4 Å². The van der Waals surface area contributed by atoms with Gasteiger partial charge in [0.05, 0.1) is 15.6 Å². The number of sulfone groups is 1. The van der Waals surface area contributed by atoms with Gasteiger partial charge in [0, 0.05) is 12.5 Å². The highest BCUT2D eigenvalue weighted by atomic mass is 35.5. The second-order valence-electron chi connectivity index (χ2n) is 4.62. The molecule has 0 bridgehead atoms. The highest BCUT2D eigenvalue weighted by Gasteiger charge is 2.16. The minimum Gasteiger partial charge on any atom is -0.451 e. The van der Waals surface area contributed by atoms with Crippen molar-refractivity contribution in [1.82, 2.24) is 4.98 Å². The van der Waals surface area contributed by atoms with Gasteiger partial charge in [0.2, 0.25) is 0 Å². The number of benzene rings is 1. The Morgan fingerprint density at radius 1 is 1.30 bits per heavy atom. The Kier molecular flexibility index (Phi) is 5.07. The molecule has 0 aliphatic carbocycles. The smallest absolute Gasteiger partial charge is 0.355 e. The molecule has 122 valence electrons. The van der Waals surface area contributed by atoms with Crippen molar-refractivity contribution in [3.8, 4) is 0 Å². The molecular weight excluding hydrogens is 344 g/mol. The summed E-state index contributed by atoms with van der Waals surface area (Å²) in [5, 5.41) is 2.73. The van der Waals surface area contributed by atoms with Crippen LogP contribution >= 0.6 is 11.6 Å². The van der Waals surface area contributed by atoms with Crippen LogP contribution in [0.15, 0.2) is 41.4 Å².